The van der Waals surface area contributed by atoms with Gasteiger partial charge in [0.2, 0.25) is 0 Å². The fraction of sp³-hybridized carbons (Fsp3) is 0.290. The number of carboxylic acid groups (broad SMARTS) is 1. The predicted molar refractivity (Wildman–Crippen MR) is 148 cm³/mol. The van der Waals surface area contributed by atoms with Crippen LogP contribution in [0.25, 0.3) is 22.5 Å². The molecule has 0 amide bonds. The normalized spacial score (nSPS) is 11.0. The number of carboxylic acids is 1. The van der Waals surface area contributed by atoms with Crippen molar-refractivity contribution < 1.29 is 24.1 Å². The molecule has 0 spiro atoms. The molecule has 1 N–H and O–H groups in total. The molecule has 7 nitrogen and oxygen atoms in total. The van der Waals surface area contributed by atoms with Crippen LogP contribution in [0.4, 0.5) is 0 Å². The van der Waals surface area contributed by atoms with Gasteiger partial charge in [-0.25, -0.2) is 4.79 Å². The van der Waals surface area contributed by atoms with E-state index in [1.807, 2.05) is 60.1 Å². The summed E-state index contributed by atoms with van der Waals surface area (Å²) in [5.74, 6) is 0.989. The van der Waals surface area contributed by atoms with E-state index < -0.39 is 12.6 Å². The first kappa shape index (κ1) is 26.8. The number of aromatic nitrogens is 2. The number of carbonyl (C=O) groups is 1. The van der Waals surface area contributed by atoms with Crippen molar-refractivity contribution in [3.8, 4) is 39.8 Å². The summed E-state index contributed by atoms with van der Waals surface area (Å²) < 4.78 is 19.1. The smallest absolute Gasteiger partial charge is 0.341 e. The first-order chi connectivity index (χ1) is 18.3. The van der Waals surface area contributed by atoms with Crippen LogP contribution in [0.15, 0.2) is 66.7 Å². The van der Waals surface area contributed by atoms with Gasteiger partial charge in [0.05, 0.1) is 25.6 Å². The van der Waals surface area contributed by atoms with Crippen LogP contribution in [0.2, 0.25) is 0 Å². The van der Waals surface area contributed by atoms with Crippen molar-refractivity contribution in [3.05, 3.63) is 83.4 Å². The molecule has 0 atom stereocenters. The number of hydrogen-bond donors (Lipinski definition) is 1. The molecule has 0 fully saturated rings. The Kier molecular flexibility index (Phi) is 8.36. The van der Waals surface area contributed by atoms with E-state index in [9.17, 15) is 9.90 Å². The summed E-state index contributed by atoms with van der Waals surface area (Å²) in [4.78, 5) is 11.3. The molecular weight excluding hydrogens is 480 g/mol. The lowest BCUT2D eigenvalue weighted by Crippen LogP contribution is -2.11. The summed E-state index contributed by atoms with van der Waals surface area (Å²) >= 11 is 0. The summed E-state index contributed by atoms with van der Waals surface area (Å²) in [6.45, 7) is 6.40. The summed E-state index contributed by atoms with van der Waals surface area (Å²) in [6, 6.07) is 22.1. The van der Waals surface area contributed by atoms with Crippen molar-refractivity contribution in [1.82, 2.24) is 9.78 Å². The number of methoxy groups -OCH3 is 2. The molecule has 0 aliphatic rings. The first-order valence-electron chi connectivity index (χ1n) is 12.6. The summed E-state index contributed by atoms with van der Waals surface area (Å²) in [5.41, 5.74) is 6.43. The van der Waals surface area contributed by atoms with Gasteiger partial charge in [0.15, 0.2) is 18.1 Å². The van der Waals surface area contributed by atoms with Crippen LogP contribution in [-0.2, 0) is 17.8 Å². The van der Waals surface area contributed by atoms with Gasteiger partial charge in [-0.2, -0.15) is 5.10 Å². The molecule has 3 aromatic carbocycles. The maximum absolute atomic E-state index is 11.3. The molecule has 0 aliphatic carbocycles. The van der Waals surface area contributed by atoms with E-state index in [2.05, 4.69) is 32.0 Å². The molecule has 0 saturated carbocycles. The van der Waals surface area contributed by atoms with Crippen LogP contribution in [0, 0.1) is 6.92 Å². The van der Waals surface area contributed by atoms with Crippen LogP contribution >= 0.6 is 0 Å². The van der Waals surface area contributed by atoms with E-state index >= 15 is 0 Å². The highest BCUT2D eigenvalue weighted by molar-refractivity contribution is 5.79. The van der Waals surface area contributed by atoms with E-state index in [-0.39, 0.29) is 5.92 Å². The number of rotatable bonds is 11. The Labute approximate surface area is 223 Å². The van der Waals surface area contributed by atoms with E-state index in [4.69, 9.17) is 19.3 Å². The Morgan fingerprint density at radius 3 is 2.39 bits per heavy atom. The van der Waals surface area contributed by atoms with Gasteiger partial charge in [-0.05, 0) is 60.2 Å². The highest BCUT2D eigenvalue weighted by Crippen LogP contribution is 2.41. The third-order valence-electron chi connectivity index (χ3n) is 6.51. The van der Waals surface area contributed by atoms with E-state index in [0.29, 0.717) is 29.5 Å². The Bertz CT molecular complexity index is 1410. The number of aryl methyl sites for hydroxylation is 3. The van der Waals surface area contributed by atoms with Crippen molar-refractivity contribution in [1.29, 1.82) is 0 Å². The molecule has 1 aromatic heterocycles. The number of benzene rings is 3. The summed E-state index contributed by atoms with van der Waals surface area (Å²) in [6.07, 6.45) is 0.787. The number of para-hydroxylation sites is 1. The molecule has 0 bridgehead atoms. The van der Waals surface area contributed by atoms with Gasteiger partial charge in [0, 0.05) is 17.7 Å². The Morgan fingerprint density at radius 1 is 0.974 bits per heavy atom. The Hall–Kier alpha value is -4.26. The lowest BCUT2D eigenvalue weighted by molar-refractivity contribution is -0.139. The van der Waals surface area contributed by atoms with Crippen LogP contribution in [0.3, 0.4) is 0 Å². The van der Waals surface area contributed by atoms with Gasteiger partial charge in [0.1, 0.15) is 5.75 Å². The summed E-state index contributed by atoms with van der Waals surface area (Å²) in [7, 11) is 3.24. The minimum absolute atomic E-state index is 0.259. The Morgan fingerprint density at radius 2 is 1.74 bits per heavy atom. The topological polar surface area (TPSA) is 82.8 Å². The second kappa shape index (κ2) is 11.9. The number of nitrogens with zero attached hydrogens (tertiary/aromatic N) is 2. The molecule has 1 heterocycles. The van der Waals surface area contributed by atoms with Gasteiger partial charge < -0.3 is 19.3 Å². The highest BCUT2D eigenvalue weighted by Gasteiger charge is 2.22. The fourth-order valence-corrected chi connectivity index (χ4v) is 4.59. The van der Waals surface area contributed by atoms with Gasteiger partial charge >= 0.3 is 5.97 Å². The molecule has 0 saturated heterocycles. The van der Waals surface area contributed by atoms with Crippen molar-refractivity contribution in [2.45, 2.75) is 39.7 Å². The average Bonchev–Trinajstić information content (AvgIpc) is 3.33. The van der Waals surface area contributed by atoms with E-state index in [1.165, 1.54) is 5.56 Å². The third kappa shape index (κ3) is 5.83. The maximum atomic E-state index is 11.3. The van der Waals surface area contributed by atoms with Gasteiger partial charge in [-0.3, -0.25) is 4.68 Å². The van der Waals surface area contributed by atoms with Crippen LogP contribution in [0.5, 0.6) is 17.2 Å². The largest absolute Gasteiger partial charge is 0.493 e. The monoisotopic (exact) mass is 514 g/mol. The molecule has 0 aliphatic heterocycles. The third-order valence-corrected chi connectivity index (χ3v) is 6.51. The number of hydrogen-bond acceptors (Lipinski definition) is 5. The minimum atomic E-state index is -1.03. The molecule has 0 radical (unpaired) electrons. The van der Waals surface area contributed by atoms with Gasteiger partial charge in [-0.1, -0.05) is 56.3 Å². The molecule has 198 valence electrons. The minimum Gasteiger partial charge on any atom is -0.493 e. The van der Waals surface area contributed by atoms with E-state index in [0.717, 1.165) is 34.4 Å². The second-order valence-electron chi connectivity index (χ2n) is 9.46. The molecule has 38 heavy (non-hydrogen) atoms. The lowest BCUT2D eigenvalue weighted by atomic mass is 9.95. The van der Waals surface area contributed by atoms with Crippen LogP contribution in [-0.4, -0.2) is 41.7 Å². The molecule has 7 heteroatoms. The quantitative estimate of drug-likeness (QED) is 0.250. The van der Waals surface area contributed by atoms with Crippen LogP contribution < -0.4 is 14.2 Å². The second-order valence-corrected chi connectivity index (χ2v) is 9.46. The van der Waals surface area contributed by atoms with Crippen LogP contribution in [0.1, 0.15) is 36.5 Å². The number of ether oxygens (including phenoxy) is 3. The molecular formula is C31H34N2O5. The Balaban J connectivity index is 1.88. The van der Waals surface area contributed by atoms with E-state index in [1.54, 1.807) is 14.2 Å². The average molecular weight is 515 g/mol. The van der Waals surface area contributed by atoms with Gasteiger partial charge in [0.25, 0.3) is 0 Å². The lowest BCUT2D eigenvalue weighted by Gasteiger charge is -2.15. The molecule has 0 unspecified atom stereocenters. The molecule has 4 aromatic rings. The summed E-state index contributed by atoms with van der Waals surface area (Å²) in [5, 5.41) is 14.3. The van der Waals surface area contributed by atoms with Crippen molar-refractivity contribution in [3.63, 3.8) is 0 Å². The maximum Gasteiger partial charge on any atom is 0.341 e. The highest BCUT2D eigenvalue weighted by atomic mass is 16.5. The van der Waals surface area contributed by atoms with Gasteiger partial charge in [-0.15, -0.1) is 0 Å². The van der Waals surface area contributed by atoms with Crippen molar-refractivity contribution in [2.24, 2.45) is 0 Å². The SMILES string of the molecule is COc1cccc(-c2cc(-c3c(C)cc(C(C)C)cc3OCC(=O)O)nn2CCc2ccccc2)c1OC. The molecule has 4 rings (SSSR count). The fourth-order valence-electron chi connectivity index (χ4n) is 4.59. The zero-order valence-electron chi connectivity index (χ0n) is 22.5. The predicted octanol–water partition coefficient (Wildman–Crippen LogP) is 6.37. The van der Waals surface area contributed by atoms with Crippen molar-refractivity contribution in [2.75, 3.05) is 20.8 Å². The zero-order chi connectivity index (χ0) is 27.2. The standard InChI is InChI=1S/C31H34N2O5/c1-20(2)23-16-21(3)30(28(17-23)38-19-29(34)35)25-18-26(24-12-9-13-27(36-4)31(24)37-5)33(32-25)15-14-22-10-7-6-8-11-22/h6-13,16-18,20H,14-15,19H2,1-5H3,(H,34,35). The zero-order valence-corrected chi connectivity index (χ0v) is 22.5. The van der Waals surface area contributed by atoms with Crippen molar-refractivity contribution >= 4 is 5.97 Å². The number of aliphatic carboxylic acids is 1. The first-order valence-corrected chi connectivity index (χ1v) is 12.6.